The van der Waals surface area contributed by atoms with E-state index in [0.717, 1.165) is 17.8 Å². The summed E-state index contributed by atoms with van der Waals surface area (Å²) < 4.78 is 1.64. The van der Waals surface area contributed by atoms with Gasteiger partial charge in [0.1, 0.15) is 5.56 Å². The van der Waals surface area contributed by atoms with Crippen molar-refractivity contribution in [1.29, 1.82) is 0 Å². The Bertz CT molecular complexity index is 649. The van der Waals surface area contributed by atoms with Gasteiger partial charge in [0.15, 0.2) is 5.65 Å². The average molecular weight is 260 g/mol. The lowest BCUT2D eigenvalue weighted by molar-refractivity contribution is 0.0697. The van der Waals surface area contributed by atoms with Gasteiger partial charge in [-0.15, -0.1) is 0 Å². The van der Waals surface area contributed by atoms with Crippen molar-refractivity contribution in [2.45, 2.75) is 13.3 Å². The van der Waals surface area contributed by atoms with Crippen molar-refractivity contribution in [3.8, 4) is 0 Å². The molecule has 1 aliphatic rings. The van der Waals surface area contributed by atoms with Crippen LogP contribution in [-0.4, -0.2) is 32.4 Å². The van der Waals surface area contributed by atoms with Gasteiger partial charge >= 0.3 is 5.97 Å². The normalized spacial score (nSPS) is 21.6. The molecule has 2 aromatic heterocycles. The molecule has 1 saturated carbocycles. The number of pyridine rings is 1. The largest absolute Gasteiger partial charge is 0.478 e. The summed E-state index contributed by atoms with van der Waals surface area (Å²) in [6.45, 7) is 3.01. The third-order valence-corrected chi connectivity index (χ3v) is 3.81. The second-order valence-electron chi connectivity index (χ2n) is 5.21. The van der Waals surface area contributed by atoms with Gasteiger partial charge in [0, 0.05) is 19.8 Å². The summed E-state index contributed by atoms with van der Waals surface area (Å²) in [5, 5.41) is 17.4. The molecule has 0 amide bonds. The maximum Gasteiger partial charge on any atom is 0.339 e. The Morgan fingerprint density at radius 1 is 1.58 bits per heavy atom. The fourth-order valence-corrected chi connectivity index (χ4v) is 2.37. The molecule has 2 N–H and O–H groups in total. The van der Waals surface area contributed by atoms with Gasteiger partial charge in [-0.1, -0.05) is 6.92 Å². The fraction of sp³-hybridized carbons (Fsp3) is 0.462. The molecule has 0 radical (unpaired) electrons. The Balaban J connectivity index is 2.01. The van der Waals surface area contributed by atoms with Crippen LogP contribution in [0.1, 0.15) is 23.7 Å². The van der Waals surface area contributed by atoms with Crippen LogP contribution in [0.2, 0.25) is 0 Å². The van der Waals surface area contributed by atoms with Crippen molar-refractivity contribution in [1.82, 2.24) is 14.8 Å². The van der Waals surface area contributed by atoms with Gasteiger partial charge < -0.3 is 10.4 Å². The zero-order valence-corrected chi connectivity index (χ0v) is 10.9. The summed E-state index contributed by atoms with van der Waals surface area (Å²) >= 11 is 0. The van der Waals surface area contributed by atoms with Crippen molar-refractivity contribution >= 4 is 22.7 Å². The molecule has 1 fully saturated rings. The van der Waals surface area contributed by atoms with Crippen LogP contribution in [0.3, 0.4) is 0 Å². The summed E-state index contributed by atoms with van der Waals surface area (Å²) in [6, 6.07) is 0. The molecule has 6 nitrogen and oxygen atoms in total. The lowest BCUT2D eigenvalue weighted by Gasteiger charge is -2.10. The summed E-state index contributed by atoms with van der Waals surface area (Å²) in [5.74, 6) is 0.401. The van der Waals surface area contributed by atoms with Crippen molar-refractivity contribution in [3.63, 3.8) is 0 Å². The fourth-order valence-electron chi connectivity index (χ4n) is 2.37. The number of aryl methyl sites for hydroxylation is 1. The Kier molecular flexibility index (Phi) is 2.66. The summed E-state index contributed by atoms with van der Waals surface area (Å²) in [4.78, 5) is 15.4. The maximum atomic E-state index is 11.3. The molecule has 2 atom stereocenters. The highest BCUT2D eigenvalue weighted by molar-refractivity contribution is 6.03. The summed E-state index contributed by atoms with van der Waals surface area (Å²) in [5.41, 5.74) is 1.52. The predicted octanol–water partition coefficient (Wildman–Crippen LogP) is 1.73. The van der Waals surface area contributed by atoms with E-state index in [1.165, 1.54) is 12.6 Å². The second kappa shape index (κ2) is 4.22. The molecule has 2 unspecified atom stereocenters. The molecule has 100 valence electrons. The molecule has 0 bridgehead atoms. The monoisotopic (exact) mass is 260 g/mol. The van der Waals surface area contributed by atoms with E-state index in [9.17, 15) is 9.90 Å². The Hall–Kier alpha value is -2.11. The van der Waals surface area contributed by atoms with Gasteiger partial charge in [-0.05, 0) is 18.3 Å². The Morgan fingerprint density at radius 3 is 2.95 bits per heavy atom. The minimum Gasteiger partial charge on any atom is -0.478 e. The van der Waals surface area contributed by atoms with E-state index in [-0.39, 0.29) is 5.56 Å². The summed E-state index contributed by atoms with van der Waals surface area (Å²) in [7, 11) is 1.79. The van der Waals surface area contributed by atoms with Gasteiger partial charge in [0.25, 0.3) is 0 Å². The molecular formula is C13H16N4O2. The number of hydrogen-bond acceptors (Lipinski definition) is 4. The minimum absolute atomic E-state index is 0.203. The number of anilines is 1. The number of nitrogens with zero attached hydrogens (tertiary/aromatic N) is 3. The molecule has 1 aliphatic carbocycles. The molecule has 19 heavy (non-hydrogen) atoms. The van der Waals surface area contributed by atoms with Gasteiger partial charge in [-0.25, -0.2) is 9.78 Å². The summed E-state index contributed by atoms with van der Waals surface area (Å²) in [6.07, 6.45) is 4.26. The lowest BCUT2D eigenvalue weighted by atomic mass is 10.1. The highest BCUT2D eigenvalue weighted by Gasteiger charge is 2.32. The first-order chi connectivity index (χ1) is 9.08. The molecule has 2 aromatic rings. The number of aromatic carboxylic acids is 1. The van der Waals surface area contributed by atoms with Crippen LogP contribution < -0.4 is 5.32 Å². The van der Waals surface area contributed by atoms with E-state index >= 15 is 0 Å². The molecular weight excluding hydrogens is 244 g/mol. The molecule has 0 saturated heterocycles. The minimum atomic E-state index is -0.968. The number of fused-ring (bicyclic) bond motifs is 1. The first kappa shape index (κ1) is 12.0. The zero-order chi connectivity index (χ0) is 13.6. The number of nitrogens with one attached hydrogen (secondary N) is 1. The van der Waals surface area contributed by atoms with E-state index in [1.54, 1.807) is 17.9 Å². The Morgan fingerprint density at radius 2 is 2.32 bits per heavy atom. The smallest absolute Gasteiger partial charge is 0.339 e. The van der Waals surface area contributed by atoms with E-state index < -0.39 is 5.97 Å². The molecule has 3 rings (SSSR count). The predicted molar refractivity (Wildman–Crippen MR) is 71.2 cm³/mol. The van der Waals surface area contributed by atoms with Crippen LogP contribution in [0.4, 0.5) is 5.69 Å². The van der Waals surface area contributed by atoms with Crippen LogP contribution in [-0.2, 0) is 7.05 Å². The average Bonchev–Trinajstić information content (AvgIpc) is 2.95. The quantitative estimate of drug-likeness (QED) is 0.875. The number of carbonyl (C=O) groups is 1. The molecule has 0 spiro atoms. The van der Waals surface area contributed by atoms with Gasteiger partial charge in [0.05, 0.1) is 17.3 Å². The van der Waals surface area contributed by atoms with E-state index in [4.69, 9.17) is 0 Å². The number of aromatic nitrogens is 3. The molecule has 6 heteroatoms. The van der Waals surface area contributed by atoms with Crippen molar-refractivity contribution < 1.29 is 9.90 Å². The van der Waals surface area contributed by atoms with Crippen molar-refractivity contribution in [2.75, 3.05) is 11.9 Å². The number of carboxylic acids is 1. The van der Waals surface area contributed by atoms with Gasteiger partial charge in [0.2, 0.25) is 0 Å². The third-order valence-electron chi connectivity index (χ3n) is 3.81. The highest BCUT2D eigenvalue weighted by atomic mass is 16.4. The second-order valence-corrected chi connectivity index (χ2v) is 5.21. The highest BCUT2D eigenvalue weighted by Crippen LogP contribution is 2.38. The molecule has 2 heterocycles. The maximum absolute atomic E-state index is 11.3. The van der Waals surface area contributed by atoms with Crippen LogP contribution in [0.25, 0.3) is 11.0 Å². The SMILES string of the molecule is CC1CC1CNc1c(C(=O)O)cnc2c1cnn2C. The molecule has 0 aromatic carbocycles. The lowest BCUT2D eigenvalue weighted by Crippen LogP contribution is -2.10. The van der Waals surface area contributed by atoms with Crippen LogP contribution >= 0.6 is 0 Å². The van der Waals surface area contributed by atoms with Crippen LogP contribution in [0.5, 0.6) is 0 Å². The van der Waals surface area contributed by atoms with Crippen LogP contribution in [0.15, 0.2) is 12.4 Å². The molecule has 0 aliphatic heterocycles. The van der Waals surface area contributed by atoms with E-state index in [2.05, 4.69) is 22.3 Å². The van der Waals surface area contributed by atoms with Gasteiger partial charge in [-0.2, -0.15) is 5.10 Å². The van der Waals surface area contributed by atoms with Crippen molar-refractivity contribution in [3.05, 3.63) is 18.0 Å². The number of hydrogen-bond donors (Lipinski definition) is 2. The third kappa shape index (κ3) is 2.03. The number of carboxylic acid groups (broad SMARTS) is 1. The number of rotatable bonds is 4. The zero-order valence-electron chi connectivity index (χ0n) is 10.9. The Labute approximate surface area is 110 Å². The standard InChI is InChI=1S/C13H16N4O2/c1-7-3-8(7)4-14-11-9-6-16-17(2)12(9)15-5-10(11)13(18)19/h5-8H,3-4H2,1-2H3,(H,14,15)(H,18,19). The first-order valence-corrected chi connectivity index (χ1v) is 6.35. The van der Waals surface area contributed by atoms with E-state index in [1.807, 2.05) is 0 Å². The van der Waals surface area contributed by atoms with Crippen LogP contribution in [0, 0.1) is 11.8 Å². The van der Waals surface area contributed by atoms with E-state index in [0.29, 0.717) is 17.3 Å². The topological polar surface area (TPSA) is 80.0 Å². The van der Waals surface area contributed by atoms with Crippen molar-refractivity contribution in [2.24, 2.45) is 18.9 Å². The van der Waals surface area contributed by atoms with Gasteiger partial charge in [-0.3, -0.25) is 4.68 Å². The first-order valence-electron chi connectivity index (χ1n) is 6.35.